The molecule has 0 unspecified atom stereocenters. The van der Waals surface area contributed by atoms with Gasteiger partial charge in [-0.15, -0.1) is 0 Å². The van der Waals surface area contributed by atoms with E-state index in [1.165, 1.54) is 0 Å². The lowest BCUT2D eigenvalue weighted by molar-refractivity contribution is -0.128. The molecule has 2 aromatic heterocycles. The smallest absolute Gasteiger partial charge is 0.252 e. The van der Waals surface area contributed by atoms with Crippen molar-refractivity contribution >= 4 is 28.4 Å². The van der Waals surface area contributed by atoms with E-state index in [9.17, 15) is 9.59 Å². The molecule has 0 radical (unpaired) electrons. The molecule has 3 heterocycles. The SMILES string of the molecule is C[C@]1(c2ccc(-c3cc(Cl)c4cccnc4c3)[nH]c2=O)CCCNC1=O. The van der Waals surface area contributed by atoms with Crippen molar-refractivity contribution in [2.24, 2.45) is 0 Å². The fraction of sp³-hybridized carbons (Fsp3) is 0.250. The van der Waals surface area contributed by atoms with Crippen LogP contribution in [0.5, 0.6) is 0 Å². The second kappa shape index (κ2) is 6.25. The Bertz CT molecular complexity index is 1080. The molecule has 0 saturated carbocycles. The molecule has 1 aliphatic rings. The zero-order chi connectivity index (χ0) is 18.3. The van der Waals surface area contributed by atoms with E-state index in [-0.39, 0.29) is 11.5 Å². The number of nitrogens with one attached hydrogen (secondary N) is 2. The molecule has 5 nitrogen and oxygen atoms in total. The first-order valence-electron chi connectivity index (χ1n) is 8.56. The molecule has 26 heavy (non-hydrogen) atoms. The van der Waals surface area contributed by atoms with Gasteiger partial charge in [0.05, 0.1) is 16.0 Å². The van der Waals surface area contributed by atoms with Gasteiger partial charge >= 0.3 is 0 Å². The molecule has 1 fully saturated rings. The average molecular weight is 368 g/mol. The summed E-state index contributed by atoms with van der Waals surface area (Å²) in [6.07, 6.45) is 3.22. The number of benzene rings is 1. The van der Waals surface area contributed by atoms with E-state index in [0.717, 1.165) is 22.9 Å². The van der Waals surface area contributed by atoms with Crippen LogP contribution in [0.3, 0.4) is 0 Å². The van der Waals surface area contributed by atoms with Crippen LogP contribution in [0.25, 0.3) is 22.2 Å². The maximum atomic E-state index is 12.7. The van der Waals surface area contributed by atoms with Gasteiger partial charge in [0, 0.05) is 34.9 Å². The molecule has 0 aliphatic carbocycles. The average Bonchev–Trinajstić information content (AvgIpc) is 2.64. The summed E-state index contributed by atoms with van der Waals surface area (Å²) in [5, 5.41) is 4.30. The van der Waals surface area contributed by atoms with Gasteiger partial charge in [-0.1, -0.05) is 17.7 Å². The van der Waals surface area contributed by atoms with Crippen molar-refractivity contribution in [3.05, 3.63) is 63.5 Å². The van der Waals surface area contributed by atoms with Gasteiger partial charge in [0.15, 0.2) is 0 Å². The number of hydrogen-bond donors (Lipinski definition) is 2. The van der Waals surface area contributed by atoms with Crippen LogP contribution in [-0.2, 0) is 10.2 Å². The third-order valence-electron chi connectivity index (χ3n) is 5.13. The number of carbonyl (C=O) groups excluding carboxylic acids is 1. The standard InChI is InChI=1S/C20H18ClN3O2/c1-20(7-3-9-23-19(20)26)14-5-6-16(24-18(14)25)12-10-15(21)13-4-2-8-22-17(13)11-12/h2,4-6,8,10-11H,3,7,9H2,1H3,(H,23,26)(H,24,25)/t20-/m1/s1. The van der Waals surface area contributed by atoms with E-state index in [4.69, 9.17) is 11.6 Å². The highest BCUT2D eigenvalue weighted by molar-refractivity contribution is 6.35. The van der Waals surface area contributed by atoms with Crippen molar-refractivity contribution in [2.45, 2.75) is 25.2 Å². The Morgan fingerprint density at radius 1 is 1.19 bits per heavy atom. The third-order valence-corrected chi connectivity index (χ3v) is 5.44. The summed E-state index contributed by atoms with van der Waals surface area (Å²) in [7, 11) is 0. The zero-order valence-corrected chi connectivity index (χ0v) is 15.1. The lowest BCUT2D eigenvalue weighted by Gasteiger charge is -2.32. The van der Waals surface area contributed by atoms with Crippen molar-refractivity contribution in [1.82, 2.24) is 15.3 Å². The summed E-state index contributed by atoms with van der Waals surface area (Å²) in [5.74, 6) is -0.0973. The molecule has 1 amide bonds. The van der Waals surface area contributed by atoms with Crippen LogP contribution in [0.2, 0.25) is 5.02 Å². The number of aromatic amines is 1. The number of carbonyl (C=O) groups is 1. The summed E-state index contributed by atoms with van der Waals surface area (Å²) in [5.41, 5.74) is 1.63. The molecule has 4 rings (SSSR count). The molecule has 1 aromatic carbocycles. The first kappa shape index (κ1) is 16.8. The Balaban J connectivity index is 1.79. The monoisotopic (exact) mass is 367 g/mol. The van der Waals surface area contributed by atoms with Crippen LogP contribution in [0, 0.1) is 0 Å². The van der Waals surface area contributed by atoms with Gasteiger partial charge in [-0.05, 0) is 50.1 Å². The Kier molecular flexibility index (Phi) is 4.04. The predicted octanol–water partition coefficient (Wildman–Crippen LogP) is 3.41. The molecule has 1 atom stereocenters. The summed E-state index contributed by atoms with van der Waals surface area (Å²) < 4.78 is 0. The predicted molar refractivity (Wildman–Crippen MR) is 102 cm³/mol. The zero-order valence-electron chi connectivity index (χ0n) is 14.3. The number of nitrogens with zero attached hydrogens (tertiary/aromatic N) is 1. The topological polar surface area (TPSA) is 74.8 Å². The van der Waals surface area contributed by atoms with Crippen molar-refractivity contribution in [3.63, 3.8) is 0 Å². The number of piperidine rings is 1. The van der Waals surface area contributed by atoms with Gasteiger partial charge in [0.25, 0.3) is 5.56 Å². The first-order valence-corrected chi connectivity index (χ1v) is 8.93. The molecule has 1 aliphatic heterocycles. The van der Waals surface area contributed by atoms with Crippen molar-refractivity contribution in [3.8, 4) is 11.3 Å². The molecule has 0 spiro atoms. The largest absolute Gasteiger partial charge is 0.355 e. The quantitative estimate of drug-likeness (QED) is 0.728. The minimum atomic E-state index is -0.799. The Labute approximate surface area is 155 Å². The highest BCUT2D eigenvalue weighted by Gasteiger charge is 2.39. The first-order chi connectivity index (χ1) is 12.5. The molecular formula is C20H18ClN3O2. The molecular weight excluding hydrogens is 350 g/mol. The second-order valence-corrected chi connectivity index (χ2v) is 7.24. The van der Waals surface area contributed by atoms with Crippen molar-refractivity contribution < 1.29 is 4.79 Å². The van der Waals surface area contributed by atoms with Gasteiger partial charge in [-0.2, -0.15) is 0 Å². The van der Waals surface area contributed by atoms with E-state index in [1.807, 2.05) is 37.3 Å². The van der Waals surface area contributed by atoms with Crippen molar-refractivity contribution in [2.75, 3.05) is 6.54 Å². The highest BCUT2D eigenvalue weighted by Crippen LogP contribution is 2.32. The number of pyridine rings is 2. The molecule has 1 saturated heterocycles. The maximum Gasteiger partial charge on any atom is 0.252 e. The van der Waals surface area contributed by atoms with Crippen LogP contribution >= 0.6 is 11.6 Å². The summed E-state index contributed by atoms with van der Waals surface area (Å²) in [6, 6.07) is 11.0. The summed E-state index contributed by atoms with van der Waals surface area (Å²) in [6.45, 7) is 2.48. The number of fused-ring (bicyclic) bond motifs is 1. The number of rotatable bonds is 2. The molecule has 2 N–H and O–H groups in total. The second-order valence-electron chi connectivity index (χ2n) is 6.83. The third kappa shape index (κ3) is 2.69. The highest BCUT2D eigenvalue weighted by atomic mass is 35.5. The van der Waals surface area contributed by atoms with Crippen LogP contribution in [-0.4, -0.2) is 22.4 Å². The number of amides is 1. The lowest BCUT2D eigenvalue weighted by atomic mass is 9.76. The number of halogens is 1. The van der Waals surface area contributed by atoms with Gasteiger partial charge < -0.3 is 10.3 Å². The van der Waals surface area contributed by atoms with Crippen molar-refractivity contribution in [1.29, 1.82) is 0 Å². The Hall–Kier alpha value is -2.66. The Morgan fingerprint density at radius 3 is 2.81 bits per heavy atom. The van der Waals surface area contributed by atoms with Crippen LogP contribution < -0.4 is 10.9 Å². The minimum Gasteiger partial charge on any atom is -0.355 e. The minimum absolute atomic E-state index is 0.0973. The van der Waals surface area contributed by atoms with E-state index < -0.39 is 5.41 Å². The fourth-order valence-corrected chi connectivity index (χ4v) is 3.86. The van der Waals surface area contributed by atoms with E-state index in [2.05, 4.69) is 15.3 Å². The Morgan fingerprint density at radius 2 is 2.04 bits per heavy atom. The van der Waals surface area contributed by atoms with E-state index >= 15 is 0 Å². The fourth-order valence-electron chi connectivity index (χ4n) is 3.58. The number of aromatic nitrogens is 2. The molecule has 0 bridgehead atoms. The van der Waals surface area contributed by atoms with Gasteiger partial charge in [0.1, 0.15) is 0 Å². The van der Waals surface area contributed by atoms with Crippen LogP contribution in [0.1, 0.15) is 25.3 Å². The van der Waals surface area contributed by atoms with Gasteiger partial charge in [-0.25, -0.2) is 0 Å². The maximum absolute atomic E-state index is 12.7. The summed E-state index contributed by atoms with van der Waals surface area (Å²) in [4.78, 5) is 32.3. The van der Waals surface area contributed by atoms with Crippen LogP contribution in [0.4, 0.5) is 0 Å². The normalized spacial score (nSPS) is 20.2. The number of hydrogen-bond acceptors (Lipinski definition) is 3. The van der Waals surface area contributed by atoms with E-state index in [0.29, 0.717) is 29.2 Å². The molecule has 3 aromatic rings. The number of H-pyrrole nitrogens is 1. The van der Waals surface area contributed by atoms with Gasteiger partial charge in [0.2, 0.25) is 5.91 Å². The van der Waals surface area contributed by atoms with E-state index in [1.54, 1.807) is 12.3 Å². The molecule has 132 valence electrons. The lowest BCUT2D eigenvalue weighted by Crippen LogP contribution is -2.49. The molecule has 6 heteroatoms. The van der Waals surface area contributed by atoms with Gasteiger partial charge in [-0.3, -0.25) is 14.6 Å². The summed E-state index contributed by atoms with van der Waals surface area (Å²) >= 11 is 6.36. The van der Waals surface area contributed by atoms with Crippen LogP contribution in [0.15, 0.2) is 47.4 Å².